The molecule has 1 aliphatic carbocycles. The molecule has 2 unspecified atom stereocenters. The maximum atomic E-state index is 12.4. The quantitative estimate of drug-likeness (QED) is 0.616. The van der Waals surface area contributed by atoms with Gasteiger partial charge >= 0.3 is 0 Å². The zero-order valence-electron chi connectivity index (χ0n) is 10.8. The van der Waals surface area contributed by atoms with E-state index in [2.05, 4.69) is 15.9 Å². The molecule has 0 radical (unpaired) electrons. The Labute approximate surface area is 125 Å². The highest BCUT2D eigenvalue weighted by molar-refractivity contribution is 9.18. The Bertz CT molecular complexity index is 557. The van der Waals surface area contributed by atoms with Gasteiger partial charge in [-0.05, 0) is 53.0 Å². The summed E-state index contributed by atoms with van der Waals surface area (Å²) in [5.74, 6) is -0.460. The van der Waals surface area contributed by atoms with Crippen LogP contribution in [0.3, 0.4) is 0 Å². The lowest BCUT2D eigenvalue weighted by Crippen LogP contribution is -2.30. The van der Waals surface area contributed by atoms with E-state index >= 15 is 0 Å². The van der Waals surface area contributed by atoms with Gasteiger partial charge in [0.15, 0.2) is 0 Å². The van der Waals surface area contributed by atoms with Crippen molar-refractivity contribution < 1.29 is 14.4 Å². The van der Waals surface area contributed by atoms with E-state index < -0.39 is 0 Å². The molecule has 1 aromatic carbocycles. The van der Waals surface area contributed by atoms with Crippen LogP contribution in [-0.2, 0) is 9.59 Å². The van der Waals surface area contributed by atoms with Crippen LogP contribution in [-0.4, -0.2) is 16.5 Å². The molecule has 1 heterocycles. The number of nitrogens with zero attached hydrogens (tertiary/aromatic N) is 1. The van der Waals surface area contributed by atoms with Crippen molar-refractivity contribution in [2.75, 3.05) is 4.90 Å². The third-order valence-corrected chi connectivity index (χ3v) is 4.65. The van der Waals surface area contributed by atoms with E-state index in [9.17, 15) is 14.4 Å². The molecule has 1 saturated heterocycles. The third kappa shape index (κ3) is 2.10. The van der Waals surface area contributed by atoms with Gasteiger partial charge in [-0.25, -0.2) is 0 Å². The lowest BCUT2D eigenvalue weighted by molar-refractivity contribution is -0.122. The van der Waals surface area contributed by atoms with Crippen molar-refractivity contribution in [3.63, 3.8) is 0 Å². The van der Waals surface area contributed by atoms with Gasteiger partial charge in [-0.2, -0.15) is 0 Å². The second-order valence-corrected chi connectivity index (χ2v) is 6.05. The molecule has 1 aromatic rings. The first-order valence-electron chi connectivity index (χ1n) is 6.77. The molecular formula is C15H14BrNO3. The molecule has 0 aromatic heterocycles. The van der Waals surface area contributed by atoms with Crippen molar-refractivity contribution in [1.82, 2.24) is 0 Å². The average molecular weight is 336 g/mol. The molecular weight excluding hydrogens is 322 g/mol. The van der Waals surface area contributed by atoms with Crippen LogP contribution in [0, 0.1) is 11.8 Å². The van der Waals surface area contributed by atoms with E-state index in [4.69, 9.17) is 0 Å². The minimum absolute atomic E-state index is 0.0855. The van der Waals surface area contributed by atoms with Crippen molar-refractivity contribution in [3.05, 3.63) is 29.8 Å². The lowest BCUT2D eigenvalue weighted by atomic mass is 9.81. The first-order valence-corrected chi connectivity index (χ1v) is 7.56. The first-order chi connectivity index (χ1) is 9.59. The first kappa shape index (κ1) is 13.5. The van der Waals surface area contributed by atoms with E-state index in [0.717, 1.165) is 25.7 Å². The summed E-state index contributed by atoms with van der Waals surface area (Å²) < 4.78 is -0.211. The standard InChI is InChI=1S/C15H14BrNO3/c16-13(18)9-5-7-10(8-6-9)17-14(19)11-3-1-2-4-12(11)15(17)20/h5-8,11-12H,1-4H2. The van der Waals surface area contributed by atoms with Crippen LogP contribution in [0.4, 0.5) is 5.69 Å². The molecule has 2 atom stereocenters. The molecule has 1 aliphatic heterocycles. The van der Waals surface area contributed by atoms with E-state index in [1.165, 1.54) is 4.90 Å². The number of carbonyl (C=O) groups excluding carboxylic acids is 3. The van der Waals surface area contributed by atoms with Crippen molar-refractivity contribution >= 4 is 38.1 Å². The summed E-state index contributed by atoms with van der Waals surface area (Å²) in [5, 5.41) is 0. The monoisotopic (exact) mass is 335 g/mol. The number of hydrogen-bond acceptors (Lipinski definition) is 3. The fourth-order valence-corrected chi connectivity index (χ4v) is 3.42. The summed E-state index contributed by atoms with van der Waals surface area (Å²) >= 11 is 2.88. The highest BCUT2D eigenvalue weighted by atomic mass is 79.9. The van der Waals surface area contributed by atoms with Crippen LogP contribution in [0.25, 0.3) is 0 Å². The predicted octanol–water partition coefficient (Wildman–Crippen LogP) is 2.90. The number of benzene rings is 1. The Hall–Kier alpha value is -1.49. The Morgan fingerprint density at radius 3 is 1.95 bits per heavy atom. The average Bonchev–Trinajstić information content (AvgIpc) is 2.72. The van der Waals surface area contributed by atoms with Gasteiger partial charge in [0.1, 0.15) is 0 Å². The molecule has 2 aliphatic rings. The Balaban J connectivity index is 1.91. The van der Waals surface area contributed by atoms with Gasteiger partial charge < -0.3 is 0 Å². The van der Waals surface area contributed by atoms with Crippen molar-refractivity contribution in [2.24, 2.45) is 11.8 Å². The summed E-state index contributed by atoms with van der Waals surface area (Å²) in [6.45, 7) is 0. The predicted molar refractivity (Wildman–Crippen MR) is 77.6 cm³/mol. The fraction of sp³-hybridized carbons (Fsp3) is 0.400. The zero-order valence-corrected chi connectivity index (χ0v) is 12.4. The summed E-state index contributed by atoms with van der Waals surface area (Å²) in [6.07, 6.45) is 3.66. The van der Waals surface area contributed by atoms with Crippen molar-refractivity contribution in [2.45, 2.75) is 25.7 Å². The maximum Gasteiger partial charge on any atom is 0.237 e. The molecule has 3 rings (SSSR count). The van der Waals surface area contributed by atoms with Crippen LogP contribution in [0.1, 0.15) is 36.0 Å². The maximum absolute atomic E-state index is 12.4. The zero-order chi connectivity index (χ0) is 14.3. The van der Waals surface area contributed by atoms with Gasteiger partial charge in [0.2, 0.25) is 16.5 Å². The summed E-state index contributed by atoms with van der Waals surface area (Å²) in [7, 11) is 0. The highest BCUT2D eigenvalue weighted by Crippen LogP contribution is 2.40. The Morgan fingerprint density at radius 1 is 1.00 bits per heavy atom. The topological polar surface area (TPSA) is 54.5 Å². The van der Waals surface area contributed by atoms with Gasteiger partial charge in [0, 0.05) is 5.56 Å². The summed E-state index contributed by atoms with van der Waals surface area (Å²) in [4.78, 5) is 37.3. The van der Waals surface area contributed by atoms with Crippen LogP contribution >= 0.6 is 15.9 Å². The number of rotatable bonds is 2. The van der Waals surface area contributed by atoms with Crippen molar-refractivity contribution in [1.29, 1.82) is 0 Å². The molecule has 104 valence electrons. The number of carbonyl (C=O) groups is 3. The summed E-state index contributed by atoms with van der Waals surface area (Å²) in [5.41, 5.74) is 1.07. The lowest BCUT2D eigenvalue weighted by Gasteiger charge is -2.19. The third-order valence-electron chi connectivity index (χ3n) is 4.19. The van der Waals surface area contributed by atoms with Gasteiger partial charge in [-0.3, -0.25) is 19.3 Å². The number of imide groups is 1. The minimum atomic E-state index is -0.211. The number of amides is 2. The molecule has 0 N–H and O–H groups in total. The van der Waals surface area contributed by atoms with Gasteiger partial charge in [0.05, 0.1) is 17.5 Å². The Morgan fingerprint density at radius 2 is 1.50 bits per heavy atom. The van der Waals surface area contributed by atoms with E-state index in [0.29, 0.717) is 11.3 Å². The molecule has 5 heteroatoms. The molecule has 2 fully saturated rings. The molecule has 2 amide bonds. The second kappa shape index (κ2) is 5.13. The molecule has 1 saturated carbocycles. The highest BCUT2D eigenvalue weighted by Gasteiger charge is 2.48. The second-order valence-electron chi connectivity index (χ2n) is 5.33. The summed E-state index contributed by atoms with van der Waals surface area (Å²) in [6, 6.07) is 6.55. The van der Waals surface area contributed by atoms with Crippen molar-refractivity contribution in [3.8, 4) is 0 Å². The van der Waals surface area contributed by atoms with Gasteiger partial charge in [-0.15, -0.1) is 0 Å². The van der Waals surface area contributed by atoms with Crippen LogP contribution < -0.4 is 4.90 Å². The SMILES string of the molecule is O=C(Br)c1ccc(N2C(=O)C3CCCCC3C2=O)cc1. The molecule has 0 bridgehead atoms. The van der Waals surface area contributed by atoms with Crippen LogP contribution in [0.2, 0.25) is 0 Å². The van der Waals surface area contributed by atoms with Crippen LogP contribution in [0.5, 0.6) is 0 Å². The van der Waals surface area contributed by atoms with Gasteiger partial charge in [-0.1, -0.05) is 12.8 Å². The minimum Gasteiger partial charge on any atom is -0.281 e. The smallest absolute Gasteiger partial charge is 0.237 e. The molecule has 20 heavy (non-hydrogen) atoms. The van der Waals surface area contributed by atoms with Crippen LogP contribution in [0.15, 0.2) is 24.3 Å². The number of halogens is 1. The Kier molecular flexibility index (Phi) is 3.46. The largest absolute Gasteiger partial charge is 0.281 e. The van der Waals surface area contributed by atoms with Gasteiger partial charge in [0.25, 0.3) is 0 Å². The van der Waals surface area contributed by atoms with E-state index in [1.807, 2.05) is 0 Å². The number of anilines is 1. The number of hydrogen-bond donors (Lipinski definition) is 0. The fourth-order valence-electron chi connectivity index (χ4n) is 3.16. The molecule has 0 spiro atoms. The van der Waals surface area contributed by atoms with E-state index in [-0.39, 0.29) is 28.3 Å². The number of fused-ring (bicyclic) bond motifs is 1. The van der Waals surface area contributed by atoms with E-state index in [1.54, 1.807) is 24.3 Å². The normalized spacial score (nSPS) is 25.8. The molecule has 4 nitrogen and oxygen atoms in total.